The summed E-state index contributed by atoms with van der Waals surface area (Å²) in [6.07, 6.45) is 2.13. The summed E-state index contributed by atoms with van der Waals surface area (Å²) in [6, 6.07) is 27.9. The van der Waals surface area contributed by atoms with Gasteiger partial charge in [-0.05, 0) is 67.9 Å². The van der Waals surface area contributed by atoms with Crippen LogP contribution in [0, 0.1) is 10.8 Å². The van der Waals surface area contributed by atoms with Gasteiger partial charge < -0.3 is 10.2 Å². The minimum atomic E-state index is -0.0758. The summed E-state index contributed by atoms with van der Waals surface area (Å²) < 4.78 is 0. The van der Waals surface area contributed by atoms with E-state index in [1.54, 1.807) is 24.3 Å². The SMILES string of the molecule is CC(C)(C)CC(C)(C)c1ccc(-c2cccc([O-])c2Sc2c([O-])cccc2-c2ccc(C(C)(C)CC(C)(C)C)cc2)cc1.[Ni+2]. The van der Waals surface area contributed by atoms with Crippen LogP contribution in [0.1, 0.15) is 93.2 Å². The Kier molecular flexibility index (Phi) is 10.9. The van der Waals surface area contributed by atoms with E-state index < -0.39 is 0 Å². The minimum absolute atomic E-state index is 0. The van der Waals surface area contributed by atoms with Crippen LogP contribution in [-0.4, -0.2) is 0 Å². The third kappa shape index (κ3) is 8.73. The molecule has 4 aromatic carbocycles. The van der Waals surface area contributed by atoms with Crippen molar-refractivity contribution in [2.75, 3.05) is 0 Å². The molecule has 0 fully saturated rings. The molecule has 0 aromatic heterocycles. The molecule has 4 aromatic rings. The first-order chi connectivity index (χ1) is 19.9. The molecule has 0 aliphatic heterocycles. The van der Waals surface area contributed by atoms with Crippen molar-refractivity contribution in [3.8, 4) is 33.8 Å². The Hall–Kier alpha value is -2.68. The van der Waals surface area contributed by atoms with E-state index >= 15 is 0 Å². The monoisotopic (exact) mass is 650 g/mol. The van der Waals surface area contributed by atoms with Crippen molar-refractivity contribution in [3.05, 3.63) is 96.1 Å². The first-order valence-corrected chi connectivity index (χ1v) is 16.2. The molecule has 4 heteroatoms. The fourth-order valence-electron chi connectivity index (χ4n) is 6.86. The quantitative estimate of drug-likeness (QED) is 0.178. The van der Waals surface area contributed by atoms with Crippen LogP contribution >= 0.6 is 11.8 Å². The zero-order chi connectivity index (χ0) is 31.8. The summed E-state index contributed by atoms with van der Waals surface area (Å²) >= 11 is 1.29. The molecule has 4 rings (SSSR count). The van der Waals surface area contributed by atoms with E-state index in [0.29, 0.717) is 9.79 Å². The number of hydrogen-bond donors (Lipinski definition) is 0. The fourth-order valence-corrected chi connectivity index (χ4v) is 7.99. The molecule has 0 aliphatic carbocycles. The Bertz CT molecular complexity index is 1430. The van der Waals surface area contributed by atoms with Gasteiger partial charge in [0.1, 0.15) is 0 Å². The van der Waals surface area contributed by atoms with Gasteiger partial charge in [-0.1, -0.05) is 177 Å². The molecule has 0 radical (unpaired) electrons. The van der Waals surface area contributed by atoms with E-state index in [1.165, 1.54) is 22.9 Å². The molecule has 44 heavy (non-hydrogen) atoms. The van der Waals surface area contributed by atoms with Crippen LogP contribution in [0.5, 0.6) is 11.5 Å². The first kappa shape index (κ1) is 35.8. The van der Waals surface area contributed by atoms with E-state index in [4.69, 9.17) is 0 Å². The van der Waals surface area contributed by atoms with Gasteiger partial charge in [-0.3, -0.25) is 0 Å². The molecular formula is C40H48NiO2S. The van der Waals surface area contributed by atoms with Gasteiger partial charge in [0.25, 0.3) is 0 Å². The molecule has 0 saturated carbocycles. The molecule has 0 spiro atoms. The van der Waals surface area contributed by atoms with Crippen molar-refractivity contribution in [2.45, 2.75) is 103 Å². The average Bonchev–Trinajstić information content (AvgIpc) is 2.88. The Morgan fingerprint density at radius 2 is 0.795 bits per heavy atom. The number of hydrogen-bond acceptors (Lipinski definition) is 3. The van der Waals surface area contributed by atoms with Crippen molar-refractivity contribution in [2.24, 2.45) is 10.8 Å². The van der Waals surface area contributed by atoms with Crippen molar-refractivity contribution in [1.82, 2.24) is 0 Å². The summed E-state index contributed by atoms with van der Waals surface area (Å²) in [5.74, 6) is -0.152. The third-order valence-corrected chi connectivity index (χ3v) is 9.31. The molecule has 0 saturated heterocycles. The van der Waals surface area contributed by atoms with Gasteiger partial charge in [-0.25, -0.2) is 0 Å². The average molecular weight is 652 g/mol. The fraction of sp³-hybridized carbons (Fsp3) is 0.400. The second-order valence-electron chi connectivity index (χ2n) is 15.8. The van der Waals surface area contributed by atoms with E-state index in [1.807, 2.05) is 12.1 Å². The van der Waals surface area contributed by atoms with Gasteiger partial charge in [-0.2, -0.15) is 0 Å². The minimum Gasteiger partial charge on any atom is -0.872 e. The van der Waals surface area contributed by atoms with Gasteiger partial charge in [0, 0.05) is 9.79 Å². The first-order valence-electron chi connectivity index (χ1n) is 15.4. The molecule has 236 valence electrons. The van der Waals surface area contributed by atoms with Gasteiger partial charge in [0.2, 0.25) is 0 Å². The van der Waals surface area contributed by atoms with Crippen LogP contribution in [0.4, 0.5) is 0 Å². The third-order valence-electron chi connectivity index (χ3n) is 8.06. The van der Waals surface area contributed by atoms with Crippen molar-refractivity contribution >= 4 is 11.8 Å². The van der Waals surface area contributed by atoms with Crippen LogP contribution in [0.2, 0.25) is 0 Å². The van der Waals surface area contributed by atoms with Crippen LogP contribution in [-0.2, 0) is 27.3 Å². The Labute approximate surface area is 280 Å². The molecule has 0 bridgehead atoms. The van der Waals surface area contributed by atoms with Crippen molar-refractivity contribution in [3.63, 3.8) is 0 Å². The Morgan fingerprint density at radius 3 is 1.09 bits per heavy atom. The normalized spacial score (nSPS) is 12.6. The zero-order valence-electron chi connectivity index (χ0n) is 28.0. The summed E-state index contributed by atoms with van der Waals surface area (Å²) in [6.45, 7) is 22.8. The standard InChI is InChI=1S/C40H50O2S.Ni/c1-37(2,3)25-39(7,8)29-21-17-27(18-22-29)31-13-11-15-33(41)35(31)43-36-32(14-12-16-34(36)42)28-19-23-30(24-20-28)40(9,10)26-38(4,5)6;/h11-24,41-42H,25-26H2,1-10H3;/q;+2/p-2. The topological polar surface area (TPSA) is 46.1 Å². The van der Waals surface area contributed by atoms with Gasteiger partial charge in [-0.15, -0.1) is 0 Å². The van der Waals surface area contributed by atoms with E-state index in [-0.39, 0.29) is 49.7 Å². The maximum atomic E-state index is 13.3. The van der Waals surface area contributed by atoms with Crippen LogP contribution < -0.4 is 10.2 Å². The number of rotatable bonds is 8. The van der Waals surface area contributed by atoms with Gasteiger partial charge in [0.05, 0.1) is 0 Å². The maximum Gasteiger partial charge on any atom is 2.00 e. The summed E-state index contributed by atoms with van der Waals surface area (Å²) in [5.41, 5.74) is 6.71. The predicted octanol–water partition coefficient (Wildman–Crippen LogP) is 10.7. The number of benzene rings is 4. The van der Waals surface area contributed by atoms with Gasteiger partial charge in [0.15, 0.2) is 0 Å². The van der Waals surface area contributed by atoms with Crippen molar-refractivity contribution < 1.29 is 26.7 Å². The molecule has 0 atom stereocenters. The largest absolute Gasteiger partial charge is 2.00 e. The summed E-state index contributed by atoms with van der Waals surface area (Å²) in [7, 11) is 0. The molecule has 0 unspecified atom stereocenters. The molecule has 0 heterocycles. The molecular weight excluding hydrogens is 603 g/mol. The second kappa shape index (κ2) is 13.4. The second-order valence-corrected chi connectivity index (χ2v) is 16.8. The Balaban J connectivity index is 0.00000529. The molecule has 0 aliphatic rings. The predicted molar refractivity (Wildman–Crippen MR) is 181 cm³/mol. The van der Waals surface area contributed by atoms with Crippen LogP contribution in [0.15, 0.2) is 94.7 Å². The summed E-state index contributed by atoms with van der Waals surface area (Å²) in [4.78, 5) is 1.16. The van der Waals surface area contributed by atoms with E-state index in [9.17, 15) is 10.2 Å². The zero-order valence-corrected chi connectivity index (χ0v) is 29.8. The van der Waals surface area contributed by atoms with E-state index in [2.05, 4.69) is 118 Å². The smallest absolute Gasteiger partial charge is 0.872 e. The van der Waals surface area contributed by atoms with Crippen molar-refractivity contribution in [1.29, 1.82) is 0 Å². The maximum absolute atomic E-state index is 13.3. The van der Waals surface area contributed by atoms with Gasteiger partial charge >= 0.3 is 16.5 Å². The summed E-state index contributed by atoms with van der Waals surface area (Å²) in [5, 5.41) is 26.6. The van der Waals surface area contributed by atoms with Crippen LogP contribution in [0.25, 0.3) is 22.3 Å². The molecule has 2 nitrogen and oxygen atoms in total. The molecule has 0 N–H and O–H groups in total. The molecule has 0 amide bonds. The van der Waals surface area contributed by atoms with Crippen LogP contribution in [0.3, 0.4) is 0 Å². The van der Waals surface area contributed by atoms with E-state index in [0.717, 1.165) is 35.1 Å². The Morgan fingerprint density at radius 1 is 0.477 bits per heavy atom.